The van der Waals surface area contributed by atoms with E-state index in [2.05, 4.69) is 4.98 Å². The summed E-state index contributed by atoms with van der Waals surface area (Å²) < 4.78 is 23.6. The Labute approximate surface area is 114 Å². The van der Waals surface area contributed by atoms with Crippen molar-refractivity contribution in [1.82, 2.24) is 9.55 Å². The van der Waals surface area contributed by atoms with Crippen LogP contribution in [0.2, 0.25) is 0 Å². The van der Waals surface area contributed by atoms with Crippen LogP contribution in [-0.4, -0.2) is 46.8 Å². The maximum atomic E-state index is 11.1. The molecule has 1 aromatic rings. The fourth-order valence-corrected chi connectivity index (χ4v) is 2.70. The molecule has 0 fully saturated rings. The molecule has 7 nitrogen and oxygen atoms in total. The maximum Gasteiger partial charge on any atom is 0.313 e. The molecule has 1 rings (SSSR count). The molecule has 0 bridgehead atoms. The fourth-order valence-electron chi connectivity index (χ4n) is 1.32. The highest BCUT2D eigenvalue weighted by atomic mass is 32.2. The number of nitrogens with zero attached hydrogens (tertiary/aromatic N) is 2. The third kappa shape index (κ3) is 6.39. The van der Waals surface area contributed by atoms with Gasteiger partial charge in [-0.05, 0) is 6.42 Å². The van der Waals surface area contributed by atoms with E-state index in [1.807, 2.05) is 0 Å². The molecule has 0 aliphatic heterocycles. The van der Waals surface area contributed by atoms with Gasteiger partial charge in [0, 0.05) is 25.1 Å². The lowest BCUT2D eigenvalue weighted by atomic mass is 10.4. The van der Waals surface area contributed by atoms with E-state index in [-0.39, 0.29) is 16.7 Å². The van der Waals surface area contributed by atoms with Gasteiger partial charge in [-0.3, -0.25) is 9.59 Å². The molecule has 1 aromatic heterocycles. The zero-order valence-electron chi connectivity index (χ0n) is 10.3. The molecule has 0 spiro atoms. The third-order valence-electron chi connectivity index (χ3n) is 2.09. The summed E-state index contributed by atoms with van der Waals surface area (Å²) in [6.45, 7) is 0.363. The summed E-state index contributed by atoms with van der Waals surface area (Å²) in [5, 5.41) is 8.88. The molecule has 0 aliphatic rings. The number of carboxylic acid groups (broad SMARTS) is 1. The van der Waals surface area contributed by atoms with Crippen molar-refractivity contribution in [2.75, 3.05) is 17.8 Å². The molecule has 0 amide bonds. The lowest BCUT2D eigenvalue weighted by molar-refractivity contribution is -0.133. The first-order valence-electron chi connectivity index (χ1n) is 5.38. The Kier molecular flexibility index (Phi) is 5.55. The molecule has 0 aliphatic carbocycles. The minimum Gasteiger partial charge on any atom is -0.481 e. The Morgan fingerprint density at radius 3 is 2.79 bits per heavy atom. The number of carboxylic acids is 1. The number of hydrogen-bond donors (Lipinski definition) is 1. The van der Waals surface area contributed by atoms with Gasteiger partial charge in [0.05, 0.1) is 11.5 Å². The van der Waals surface area contributed by atoms with Gasteiger partial charge in [0.1, 0.15) is 9.84 Å². The largest absolute Gasteiger partial charge is 0.481 e. The maximum absolute atomic E-state index is 11.1. The third-order valence-corrected chi connectivity index (χ3v) is 4.09. The van der Waals surface area contributed by atoms with E-state index in [9.17, 15) is 18.0 Å². The van der Waals surface area contributed by atoms with Crippen LogP contribution in [-0.2, 0) is 21.2 Å². The van der Waals surface area contributed by atoms with Gasteiger partial charge in [-0.25, -0.2) is 8.42 Å². The molecule has 1 heterocycles. The second-order valence-corrected chi connectivity index (χ2v) is 7.11. The number of aliphatic carboxylic acids is 1. The van der Waals surface area contributed by atoms with Gasteiger partial charge in [0.25, 0.3) is 5.56 Å². The number of aryl methyl sites for hydroxylation is 1. The Morgan fingerprint density at radius 1 is 1.53 bits per heavy atom. The summed E-state index contributed by atoms with van der Waals surface area (Å²) in [6, 6.07) is 1.26. The van der Waals surface area contributed by atoms with Crippen LogP contribution in [0.15, 0.2) is 22.2 Å². The summed E-state index contributed by atoms with van der Waals surface area (Å²) in [6.07, 6.45) is 3.02. The quantitative estimate of drug-likeness (QED) is 0.551. The molecule has 0 radical (unpaired) electrons. The predicted octanol–water partition coefficient (Wildman–Crippen LogP) is -0.145. The van der Waals surface area contributed by atoms with Gasteiger partial charge < -0.3 is 9.67 Å². The first kappa shape index (κ1) is 15.7. The minimum atomic E-state index is -3.04. The average Bonchev–Trinajstić information content (AvgIpc) is 2.27. The highest BCUT2D eigenvalue weighted by molar-refractivity contribution is 7.99. The molecule has 0 saturated carbocycles. The number of carbonyl (C=O) groups is 1. The van der Waals surface area contributed by atoms with Crippen molar-refractivity contribution in [3.8, 4) is 0 Å². The average molecular weight is 306 g/mol. The number of rotatable bonds is 7. The van der Waals surface area contributed by atoms with Crippen LogP contribution < -0.4 is 5.56 Å². The van der Waals surface area contributed by atoms with E-state index in [0.29, 0.717) is 13.0 Å². The summed E-state index contributed by atoms with van der Waals surface area (Å²) in [7, 11) is -3.04. The Bertz CT molecular complexity index is 609. The molecule has 0 saturated heterocycles. The molecule has 0 aromatic carbocycles. The van der Waals surface area contributed by atoms with Crippen molar-refractivity contribution >= 4 is 27.6 Å². The van der Waals surface area contributed by atoms with Crippen LogP contribution in [0.1, 0.15) is 6.42 Å². The first-order chi connectivity index (χ1) is 8.78. The van der Waals surface area contributed by atoms with Crippen LogP contribution in [0, 0.1) is 0 Å². The molecule has 1 N–H and O–H groups in total. The van der Waals surface area contributed by atoms with Crippen molar-refractivity contribution in [1.29, 1.82) is 0 Å². The lowest BCUT2D eigenvalue weighted by Gasteiger charge is -2.10. The molecular weight excluding hydrogens is 292 g/mol. The summed E-state index contributed by atoms with van der Waals surface area (Å²) in [5.74, 6) is -1.18. The van der Waals surface area contributed by atoms with Gasteiger partial charge in [-0.15, -0.1) is 0 Å². The standard InChI is InChI=1S/C10H14N2O5S2/c1-19(16,17)6-2-4-12-5-3-8(13)11-10(12)18-7-9(14)15/h3,5H,2,4,6-7H2,1H3,(H,14,15). The predicted molar refractivity (Wildman–Crippen MR) is 71.2 cm³/mol. The number of aromatic nitrogens is 2. The van der Waals surface area contributed by atoms with Gasteiger partial charge in [-0.1, -0.05) is 11.8 Å². The van der Waals surface area contributed by atoms with Crippen molar-refractivity contribution in [2.24, 2.45) is 0 Å². The summed E-state index contributed by atoms with van der Waals surface area (Å²) >= 11 is 0.930. The molecular formula is C10H14N2O5S2. The Morgan fingerprint density at radius 2 is 2.21 bits per heavy atom. The SMILES string of the molecule is CS(=O)(=O)CCCn1ccc(=O)nc1SCC(=O)O. The smallest absolute Gasteiger partial charge is 0.313 e. The lowest BCUT2D eigenvalue weighted by Crippen LogP contribution is -2.16. The van der Waals surface area contributed by atoms with Crippen molar-refractivity contribution in [3.05, 3.63) is 22.6 Å². The molecule has 0 unspecified atom stereocenters. The van der Waals surface area contributed by atoms with Crippen molar-refractivity contribution in [3.63, 3.8) is 0 Å². The van der Waals surface area contributed by atoms with Gasteiger partial charge in [-0.2, -0.15) is 4.98 Å². The van der Waals surface area contributed by atoms with E-state index < -0.39 is 21.4 Å². The zero-order chi connectivity index (χ0) is 14.5. The topological polar surface area (TPSA) is 106 Å². The number of sulfone groups is 1. The van der Waals surface area contributed by atoms with E-state index in [1.165, 1.54) is 12.3 Å². The van der Waals surface area contributed by atoms with Crippen LogP contribution in [0.4, 0.5) is 0 Å². The molecule has 19 heavy (non-hydrogen) atoms. The van der Waals surface area contributed by atoms with Crippen LogP contribution in [0.5, 0.6) is 0 Å². The second-order valence-electron chi connectivity index (χ2n) is 3.91. The Hall–Kier alpha value is -1.35. The minimum absolute atomic E-state index is 0.0299. The molecule has 0 atom stereocenters. The van der Waals surface area contributed by atoms with Crippen LogP contribution in [0.3, 0.4) is 0 Å². The summed E-state index contributed by atoms with van der Waals surface area (Å²) in [4.78, 5) is 25.4. The number of hydrogen-bond acceptors (Lipinski definition) is 6. The van der Waals surface area contributed by atoms with Gasteiger partial charge >= 0.3 is 5.97 Å². The van der Waals surface area contributed by atoms with E-state index in [4.69, 9.17) is 5.11 Å². The van der Waals surface area contributed by atoms with Gasteiger partial charge in [0.2, 0.25) is 0 Å². The van der Waals surface area contributed by atoms with Crippen LogP contribution in [0.25, 0.3) is 0 Å². The zero-order valence-corrected chi connectivity index (χ0v) is 11.9. The van der Waals surface area contributed by atoms with E-state index in [0.717, 1.165) is 18.0 Å². The van der Waals surface area contributed by atoms with Gasteiger partial charge in [0.15, 0.2) is 5.16 Å². The second kappa shape index (κ2) is 6.71. The highest BCUT2D eigenvalue weighted by Gasteiger charge is 2.08. The van der Waals surface area contributed by atoms with E-state index >= 15 is 0 Å². The van der Waals surface area contributed by atoms with Crippen molar-refractivity contribution in [2.45, 2.75) is 18.1 Å². The number of thioether (sulfide) groups is 1. The van der Waals surface area contributed by atoms with Crippen molar-refractivity contribution < 1.29 is 18.3 Å². The van der Waals surface area contributed by atoms with E-state index in [1.54, 1.807) is 4.57 Å². The normalized spacial score (nSPS) is 11.4. The fraction of sp³-hybridized carbons (Fsp3) is 0.500. The first-order valence-corrected chi connectivity index (χ1v) is 8.42. The molecule has 106 valence electrons. The monoisotopic (exact) mass is 306 g/mol. The van der Waals surface area contributed by atoms with Crippen LogP contribution >= 0.6 is 11.8 Å². The molecule has 9 heteroatoms. The summed E-state index contributed by atoms with van der Waals surface area (Å²) in [5.41, 5.74) is -0.452. The Balaban J connectivity index is 2.76. The highest BCUT2D eigenvalue weighted by Crippen LogP contribution is 2.13.